The number of nitrogens with one attached hydrogen (secondary N) is 1. The summed E-state index contributed by atoms with van der Waals surface area (Å²) in [6, 6.07) is 4.96. The molecule has 0 spiro atoms. The first-order valence-electron chi connectivity index (χ1n) is 5.37. The average molecular weight is 302 g/mol. The van der Waals surface area contributed by atoms with Crippen LogP contribution in [-0.4, -0.2) is 30.8 Å². The van der Waals surface area contributed by atoms with Crippen LogP contribution in [0.25, 0.3) is 0 Å². The first-order valence-corrected chi connectivity index (χ1v) is 6.17. The third-order valence-electron chi connectivity index (χ3n) is 2.47. The van der Waals surface area contributed by atoms with Gasteiger partial charge in [-0.05, 0) is 40.5 Å². The Hall–Kier alpha value is -1.07. The number of hydrogen-bond donors (Lipinski definition) is 2. The highest BCUT2D eigenvalue weighted by Gasteiger charge is 2.14. The summed E-state index contributed by atoms with van der Waals surface area (Å²) in [6.45, 7) is 1.84. The van der Waals surface area contributed by atoms with Gasteiger partial charge in [0.05, 0.1) is 25.3 Å². The zero-order chi connectivity index (χ0) is 12.8. The third kappa shape index (κ3) is 3.71. The summed E-state index contributed by atoms with van der Waals surface area (Å²) in [5.41, 5.74) is 0.497. The standard InChI is InChI=1S/C12H16BrNO3/c1-3-8(7-15)14-12(16)10-6-9(17-2)4-5-11(10)13/h4-6,8,15H,3,7H2,1-2H3,(H,14,16). The molecule has 17 heavy (non-hydrogen) atoms. The molecule has 0 aromatic heterocycles. The number of aliphatic hydroxyl groups is 1. The lowest BCUT2D eigenvalue weighted by molar-refractivity contribution is 0.0914. The molecule has 0 bridgehead atoms. The van der Waals surface area contributed by atoms with Gasteiger partial charge >= 0.3 is 0 Å². The van der Waals surface area contributed by atoms with Gasteiger partial charge in [0.2, 0.25) is 0 Å². The molecule has 0 aliphatic carbocycles. The molecular weight excluding hydrogens is 286 g/mol. The molecule has 1 aromatic carbocycles. The summed E-state index contributed by atoms with van der Waals surface area (Å²) in [7, 11) is 1.55. The summed E-state index contributed by atoms with van der Waals surface area (Å²) >= 11 is 3.32. The van der Waals surface area contributed by atoms with Gasteiger partial charge in [0, 0.05) is 4.47 Å². The van der Waals surface area contributed by atoms with Crippen LogP contribution in [0.1, 0.15) is 23.7 Å². The van der Waals surface area contributed by atoms with E-state index in [9.17, 15) is 4.79 Å². The number of carbonyl (C=O) groups excluding carboxylic acids is 1. The van der Waals surface area contributed by atoms with Crippen LogP contribution in [-0.2, 0) is 0 Å². The van der Waals surface area contributed by atoms with E-state index in [2.05, 4.69) is 21.2 Å². The number of amides is 1. The van der Waals surface area contributed by atoms with E-state index in [4.69, 9.17) is 9.84 Å². The monoisotopic (exact) mass is 301 g/mol. The van der Waals surface area contributed by atoms with Crippen LogP contribution in [0, 0.1) is 0 Å². The molecule has 2 N–H and O–H groups in total. The van der Waals surface area contributed by atoms with E-state index in [0.29, 0.717) is 22.2 Å². The van der Waals surface area contributed by atoms with Crippen LogP contribution in [0.15, 0.2) is 22.7 Å². The molecule has 5 heteroatoms. The van der Waals surface area contributed by atoms with Crippen molar-refractivity contribution in [2.24, 2.45) is 0 Å². The minimum atomic E-state index is -0.225. The molecule has 4 nitrogen and oxygen atoms in total. The zero-order valence-electron chi connectivity index (χ0n) is 9.87. The fraction of sp³-hybridized carbons (Fsp3) is 0.417. The lowest BCUT2D eigenvalue weighted by Gasteiger charge is -2.15. The van der Waals surface area contributed by atoms with Gasteiger partial charge in [0.1, 0.15) is 5.75 Å². The summed E-state index contributed by atoms with van der Waals surface area (Å²) in [4.78, 5) is 12.0. The summed E-state index contributed by atoms with van der Waals surface area (Å²) < 4.78 is 5.77. The van der Waals surface area contributed by atoms with Crippen molar-refractivity contribution < 1.29 is 14.6 Å². The Morgan fingerprint density at radius 1 is 1.59 bits per heavy atom. The SMILES string of the molecule is CCC(CO)NC(=O)c1cc(OC)ccc1Br. The van der Waals surface area contributed by atoms with Crippen LogP contribution in [0.2, 0.25) is 0 Å². The van der Waals surface area contributed by atoms with Crippen LogP contribution in [0.4, 0.5) is 0 Å². The van der Waals surface area contributed by atoms with Crippen molar-refractivity contribution >= 4 is 21.8 Å². The molecule has 1 amide bonds. The van der Waals surface area contributed by atoms with Crippen LogP contribution >= 0.6 is 15.9 Å². The predicted octanol–water partition coefficient (Wildman–Crippen LogP) is 1.96. The molecule has 0 radical (unpaired) electrons. The maximum absolute atomic E-state index is 12.0. The van der Waals surface area contributed by atoms with E-state index in [1.807, 2.05) is 6.92 Å². The molecule has 0 aliphatic rings. The minimum absolute atomic E-state index is 0.0656. The smallest absolute Gasteiger partial charge is 0.252 e. The number of ether oxygens (including phenoxy) is 1. The second-order valence-corrected chi connectivity index (χ2v) is 4.46. The lowest BCUT2D eigenvalue weighted by atomic mass is 10.1. The number of benzene rings is 1. The molecule has 0 fully saturated rings. The molecule has 1 rings (SSSR count). The number of carbonyl (C=O) groups is 1. The fourth-order valence-corrected chi connectivity index (χ4v) is 1.77. The number of halogens is 1. The van der Waals surface area contributed by atoms with Crippen molar-refractivity contribution in [1.82, 2.24) is 5.32 Å². The Morgan fingerprint density at radius 3 is 2.82 bits per heavy atom. The van der Waals surface area contributed by atoms with Gasteiger partial charge in [-0.2, -0.15) is 0 Å². The predicted molar refractivity (Wildman–Crippen MR) is 69.3 cm³/mol. The van der Waals surface area contributed by atoms with Crippen LogP contribution < -0.4 is 10.1 Å². The molecule has 0 heterocycles. The van der Waals surface area contributed by atoms with E-state index in [-0.39, 0.29) is 18.6 Å². The highest BCUT2D eigenvalue weighted by molar-refractivity contribution is 9.10. The van der Waals surface area contributed by atoms with Crippen molar-refractivity contribution in [2.75, 3.05) is 13.7 Å². The van der Waals surface area contributed by atoms with Gasteiger partial charge in [-0.1, -0.05) is 6.92 Å². The third-order valence-corrected chi connectivity index (χ3v) is 3.16. The van der Waals surface area contributed by atoms with Crippen molar-refractivity contribution in [1.29, 1.82) is 0 Å². The number of methoxy groups -OCH3 is 1. The average Bonchev–Trinajstić information content (AvgIpc) is 2.36. The maximum Gasteiger partial charge on any atom is 0.252 e. The molecule has 0 aliphatic heterocycles. The van der Waals surface area contributed by atoms with Gasteiger partial charge in [0.15, 0.2) is 0 Å². The maximum atomic E-state index is 12.0. The molecule has 1 unspecified atom stereocenters. The normalized spacial score (nSPS) is 12.0. The Bertz CT molecular complexity index is 391. The van der Waals surface area contributed by atoms with Crippen LogP contribution in [0.3, 0.4) is 0 Å². The molecule has 94 valence electrons. The van der Waals surface area contributed by atoms with Crippen LogP contribution in [0.5, 0.6) is 5.75 Å². The van der Waals surface area contributed by atoms with Gasteiger partial charge in [-0.3, -0.25) is 4.79 Å². The number of hydrogen-bond acceptors (Lipinski definition) is 3. The molecular formula is C12H16BrNO3. The molecule has 1 aromatic rings. The van der Waals surface area contributed by atoms with Gasteiger partial charge in [0.25, 0.3) is 5.91 Å². The fourth-order valence-electron chi connectivity index (χ4n) is 1.35. The van der Waals surface area contributed by atoms with Crippen molar-refractivity contribution in [2.45, 2.75) is 19.4 Å². The lowest BCUT2D eigenvalue weighted by Crippen LogP contribution is -2.37. The molecule has 0 saturated heterocycles. The van der Waals surface area contributed by atoms with Crippen molar-refractivity contribution in [3.8, 4) is 5.75 Å². The Morgan fingerprint density at radius 2 is 2.29 bits per heavy atom. The molecule has 1 atom stereocenters. The van der Waals surface area contributed by atoms with Gasteiger partial charge < -0.3 is 15.2 Å². The van der Waals surface area contributed by atoms with E-state index in [0.717, 1.165) is 0 Å². The highest BCUT2D eigenvalue weighted by atomic mass is 79.9. The quantitative estimate of drug-likeness (QED) is 0.874. The Kier molecular flexibility index (Phi) is 5.44. The van der Waals surface area contributed by atoms with E-state index in [1.54, 1.807) is 25.3 Å². The first kappa shape index (κ1) is 14.0. The number of rotatable bonds is 5. The first-order chi connectivity index (χ1) is 8.12. The van der Waals surface area contributed by atoms with Gasteiger partial charge in [-0.25, -0.2) is 0 Å². The highest BCUT2D eigenvalue weighted by Crippen LogP contribution is 2.22. The summed E-state index contributed by atoms with van der Waals surface area (Å²) in [5.74, 6) is 0.395. The van der Waals surface area contributed by atoms with Crippen molar-refractivity contribution in [3.05, 3.63) is 28.2 Å². The summed E-state index contributed by atoms with van der Waals surface area (Å²) in [5, 5.41) is 11.8. The second-order valence-electron chi connectivity index (χ2n) is 3.61. The topological polar surface area (TPSA) is 58.6 Å². The summed E-state index contributed by atoms with van der Waals surface area (Å²) in [6.07, 6.45) is 0.684. The number of aliphatic hydroxyl groups excluding tert-OH is 1. The zero-order valence-corrected chi connectivity index (χ0v) is 11.5. The Labute approximate surface area is 109 Å². The molecule has 0 saturated carbocycles. The van der Waals surface area contributed by atoms with E-state index >= 15 is 0 Å². The van der Waals surface area contributed by atoms with Gasteiger partial charge in [-0.15, -0.1) is 0 Å². The Balaban J connectivity index is 2.87. The van der Waals surface area contributed by atoms with Crippen molar-refractivity contribution in [3.63, 3.8) is 0 Å². The van der Waals surface area contributed by atoms with E-state index in [1.165, 1.54) is 0 Å². The minimum Gasteiger partial charge on any atom is -0.497 e. The van der Waals surface area contributed by atoms with E-state index < -0.39 is 0 Å². The second kappa shape index (κ2) is 6.61. The largest absolute Gasteiger partial charge is 0.497 e.